The van der Waals surface area contributed by atoms with Gasteiger partial charge in [-0.25, -0.2) is 0 Å². The second-order valence-corrected chi connectivity index (χ2v) is 7.70. The van der Waals surface area contributed by atoms with Crippen molar-refractivity contribution < 1.29 is 14.0 Å². The SMILES string of the molecule is O=C(NC1CCc2ccccc21)C1Cc2ccccc2CN1C(=O)c1ccco1. The Morgan fingerprint density at radius 3 is 2.48 bits per heavy atom. The summed E-state index contributed by atoms with van der Waals surface area (Å²) in [5.74, 6) is -0.106. The summed E-state index contributed by atoms with van der Waals surface area (Å²) in [4.78, 5) is 28.0. The van der Waals surface area contributed by atoms with Gasteiger partial charge in [0, 0.05) is 13.0 Å². The minimum absolute atomic E-state index is 0.00330. The van der Waals surface area contributed by atoms with Gasteiger partial charge in [-0.1, -0.05) is 48.5 Å². The molecule has 0 spiro atoms. The molecule has 1 N–H and O–H groups in total. The van der Waals surface area contributed by atoms with E-state index < -0.39 is 6.04 Å². The molecule has 0 fully saturated rings. The van der Waals surface area contributed by atoms with Crippen molar-refractivity contribution in [2.45, 2.75) is 37.9 Å². The number of carbonyl (C=O) groups is 2. The summed E-state index contributed by atoms with van der Waals surface area (Å²) in [5.41, 5.74) is 4.65. The molecular weight excluding hydrogens is 364 g/mol. The predicted molar refractivity (Wildman–Crippen MR) is 108 cm³/mol. The van der Waals surface area contributed by atoms with E-state index in [0.29, 0.717) is 13.0 Å². The van der Waals surface area contributed by atoms with Crippen molar-refractivity contribution in [1.29, 1.82) is 0 Å². The lowest BCUT2D eigenvalue weighted by Gasteiger charge is -2.36. The van der Waals surface area contributed by atoms with Crippen LogP contribution in [-0.2, 0) is 24.2 Å². The van der Waals surface area contributed by atoms with Crippen LogP contribution in [0.15, 0.2) is 71.3 Å². The monoisotopic (exact) mass is 386 g/mol. The van der Waals surface area contributed by atoms with Crippen LogP contribution >= 0.6 is 0 Å². The van der Waals surface area contributed by atoms with Gasteiger partial charge in [0.1, 0.15) is 6.04 Å². The maximum Gasteiger partial charge on any atom is 0.290 e. The van der Waals surface area contributed by atoms with Crippen LogP contribution in [0.1, 0.15) is 45.3 Å². The van der Waals surface area contributed by atoms with Crippen molar-refractivity contribution in [3.63, 3.8) is 0 Å². The molecule has 5 nitrogen and oxygen atoms in total. The lowest BCUT2D eigenvalue weighted by molar-refractivity contribution is -0.127. The topological polar surface area (TPSA) is 62.6 Å². The third-order valence-corrected chi connectivity index (χ3v) is 5.99. The van der Waals surface area contributed by atoms with Gasteiger partial charge in [0.25, 0.3) is 5.91 Å². The molecule has 0 radical (unpaired) electrons. The Bertz CT molecular complexity index is 1060. The molecule has 2 amide bonds. The number of nitrogens with zero attached hydrogens (tertiary/aromatic N) is 1. The number of benzene rings is 2. The first kappa shape index (κ1) is 17.7. The number of furan rings is 1. The van der Waals surface area contributed by atoms with Crippen molar-refractivity contribution in [3.8, 4) is 0 Å². The van der Waals surface area contributed by atoms with Crippen molar-refractivity contribution >= 4 is 11.8 Å². The van der Waals surface area contributed by atoms with Crippen LogP contribution in [0.3, 0.4) is 0 Å². The zero-order chi connectivity index (χ0) is 19.8. The highest BCUT2D eigenvalue weighted by molar-refractivity contribution is 5.96. The number of carbonyl (C=O) groups excluding carboxylic acids is 2. The Morgan fingerprint density at radius 1 is 0.931 bits per heavy atom. The molecule has 0 bridgehead atoms. The van der Waals surface area contributed by atoms with Gasteiger partial charge in [-0.3, -0.25) is 9.59 Å². The van der Waals surface area contributed by atoms with E-state index in [1.54, 1.807) is 17.0 Å². The fourth-order valence-electron chi connectivity index (χ4n) is 4.49. The molecule has 3 aromatic rings. The zero-order valence-corrected chi connectivity index (χ0v) is 16.0. The Morgan fingerprint density at radius 2 is 1.69 bits per heavy atom. The van der Waals surface area contributed by atoms with Crippen LogP contribution in [-0.4, -0.2) is 22.8 Å². The third kappa shape index (κ3) is 3.23. The molecule has 2 unspecified atom stereocenters. The zero-order valence-electron chi connectivity index (χ0n) is 16.0. The molecule has 0 saturated heterocycles. The van der Waals surface area contributed by atoms with E-state index in [2.05, 4.69) is 17.4 Å². The maximum absolute atomic E-state index is 13.3. The van der Waals surface area contributed by atoms with Gasteiger partial charge in [0.15, 0.2) is 5.76 Å². The molecule has 1 aliphatic carbocycles. The Kier molecular flexibility index (Phi) is 4.43. The lowest BCUT2D eigenvalue weighted by atomic mass is 9.93. The Balaban J connectivity index is 1.43. The van der Waals surface area contributed by atoms with Crippen molar-refractivity contribution in [3.05, 3.63) is 94.9 Å². The summed E-state index contributed by atoms with van der Waals surface area (Å²) in [6.07, 6.45) is 3.84. The number of amides is 2. The minimum Gasteiger partial charge on any atom is -0.459 e. The largest absolute Gasteiger partial charge is 0.459 e. The van der Waals surface area contributed by atoms with E-state index in [0.717, 1.165) is 24.0 Å². The van der Waals surface area contributed by atoms with Crippen LogP contribution in [0, 0.1) is 0 Å². The smallest absolute Gasteiger partial charge is 0.290 e. The number of rotatable bonds is 3. The average molecular weight is 386 g/mol. The van der Waals surface area contributed by atoms with Crippen LogP contribution < -0.4 is 5.32 Å². The second-order valence-electron chi connectivity index (χ2n) is 7.70. The molecule has 1 aliphatic heterocycles. The molecule has 146 valence electrons. The Labute approximate surface area is 169 Å². The van der Waals surface area contributed by atoms with E-state index in [-0.39, 0.29) is 23.6 Å². The van der Waals surface area contributed by atoms with Gasteiger partial charge < -0.3 is 14.6 Å². The summed E-state index contributed by atoms with van der Waals surface area (Å²) in [7, 11) is 0. The normalized spacial score (nSPS) is 20.1. The summed E-state index contributed by atoms with van der Waals surface area (Å²) in [6.45, 7) is 0.398. The van der Waals surface area contributed by atoms with Gasteiger partial charge in [0.05, 0.1) is 12.3 Å². The van der Waals surface area contributed by atoms with E-state index in [4.69, 9.17) is 4.42 Å². The van der Waals surface area contributed by atoms with Crippen LogP contribution in [0.5, 0.6) is 0 Å². The molecule has 0 saturated carbocycles. The molecule has 2 atom stereocenters. The van der Waals surface area contributed by atoms with Crippen LogP contribution in [0.4, 0.5) is 0 Å². The number of fused-ring (bicyclic) bond motifs is 2. The fraction of sp³-hybridized carbons (Fsp3) is 0.250. The van der Waals surface area contributed by atoms with Crippen LogP contribution in [0.25, 0.3) is 0 Å². The molecule has 2 aliphatic rings. The first-order valence-electron chi connectivity index (χ1n) is 10.00. The van der Waals surface area contributed by atoms with Gasteiger partial charge in [-0.05, 0) is 47.2 Å². The Hall–Kier alpha value is -3.34. The summed E-state index contributed by atoms with van der Waals surface area (Å²) < 4.78 is 5.32. The number of hydrogen-bond acceptors (Lipinski definition) is 3. The molecule has 2 aromatic carbocycles. The first-order valence-corrected chi connectivity index (χ1v) is 10.00. The minimum atomic E-state index is -0.560. The van der Waals surface area contributed by atoms with Gasteiger partial charge in [-0.15, -0.1) is 0 Å². The van der Waals surface area contributed by atoms with E-state index in [1.165, 1.54) is 17.4 Å². The summed E-state index contributed by atoms with van der Waals surface area (Å²) >= 11 is 0. The molecular formula is C24H22N2O3. The van der Waals surface area contributed by atoms with Crippen LogP contribution in [0.2, 0.25) is 0 Å². The highest BCUT2D eigenvalue weighted by atomic mass is 16.3. The number of aryl methyl sites for hydroxylation is 1. The van der Waals surface area contributed by atoms with Crippen molar-refractivity contribution in [2.24, 2.45) is 0 Å². The highest BCUT2D eigenvalue weighted by Gasteiger charge is 2.37. The highest BCUT2D eigenvalue weighted by Crippen LogP contribution is 2.32. The summed E-state index contributed by atoms with van der Waals surface area (Å²) in [5, 5.41) is 3.20. The standard InChI is InChI=1S/C24H22N2O3/c27-23(25-20-12-11-16-6-3-4-9-19(16)20)21-14-17-7-1-2-8-18(17)15-26(21)24(28)22-10-5-13-29-22/h1-10,13,20-21H,11-12,14-15H2,(H,25,27). The molecule has 5 rings (SSSR count). The molecule has 2 heterocycles. The quantitative estimate of drug-likeness (QED) is 0.747. The molecule has 29 heavy (non-hydrogen) atoms. The van der Waals surface area contributed by atoms with E-state index in [1.807, 2.05) is 36.4 Å². The predicted octanol–water partition coefficient (Wildman–Crippen LogP) is 3.65. The second kappa shape index (κ2) is 7.24. The fourth-order valence-corrected chi connectivity index (χ4v) is 4.49. The number of hydrogen-bond donors (Lipinski definition) is 1. The lowest BCUT2D eigenvalue weighted by Crippen LogP contribution is -2.52. The third-order valence-electron chi connectivity index (χ3n) is 5.99. The van der Waals surface area contributed by atoms with Gasteiger partial charge >= 0.3 is 0 Å². The number of nitrogens with one attached hydrogen (secondary N) is 1. The van der Waals surface area contributed by atoms with Gasteiger partial charge in [0.2, 0.25) is 5.91 Å². The molecule has 1 aromatic heterocycles. The van der Waals surface area contributed by atoms with E-state index >= 15 is 0 Å². The average Bonchev–Trinajstić information content (AvgIpc) is 3.43. The summed E-state index contributed by atoms with van der Waals surface area (Å²) in [6, 6.07) is 19.0. The van der Waals surface area contributed by atoms with E-state index in [9.17, 15) is 9.59 Å². The first-order chi connectivity index (χ1) is 14.2. The molecule has 5 heteroatoms. The maximum atomic E-state index is 13.3. The van der Waals surface area contributed by atoms with Gasteiger partial charge in [-0.2, -0.15) is 0 Å². The van der Waals surface area contributed by atoms with Crippen molar-refractivity contribution in [1.82, 2.24) is 10.2 Å². The van der Waals surface area contributed by atoms with Crippen molar-refractivity contribution in [2.75, 3.05) is 0 Å².